The molecule has 222 valence electrons. The van der Waals surface area contributed by atoms with E-state index < -0.39 is 40.5 Å². The molecule has 0 saturated carbocycles. The van der Waals surface area contributed by atoms with Gasteiger partial charge in [-0.1, -0.05) is 72.3 Å². The van der Waals surface area contributed by atoms with E-state index in [9.17, 15) is 33.7 Å². The first-order valence-electron chi connectivity index (χ1n) is 10.9. The van der Waals surface area contributed by atoms with E-state index in [1.807, 2.05) is 6.92 Å². The molecule has 0 spiro atoms. The summed E-state index contributed by atoms with van der Waals surface area (Å²) in [7, 11) is -16.0. The fraction of sp³-hybridized carbons (Fsp3) is 0.0400. The predicted octanol–water partition coefficient (Wildman–Crippen LogP) is 4.04. The molecule has 4 aromatic carbocycles. The lowest BCUT2D eigenvalue weighted by atomic mass is 10.2. The van der Waals surface area contributed by atoms with Crippen molar-refractivity contribution in [2.45, 2.75) is 26.5 Å². The van der Waals surface area contributed by atoms with Crippen LogP contribution in [0.1, 0.15) is 5.56 Å². The first-order chi connectivity index (χ1) is 18.8. The Bertz CT molecular complexity index is 1630. The van der Waals surface area contributed by atoms with Gasteiger partial charge in [-0.25, -0.2) is 0 Å². The minimum Gasteiger partial charge on any atom is -0.282 e. The van der Waals surface area contributed by atoms with E-state index in [1.165, 1.54) is 48.5 Å². The van der Waals surface area contributed by atoms with Gasteiger partial charge in [-0.15, -0.1) is 0 Å². The second-order valence-electron chi connectivity index (χ2n) is 7.65. The average molecular weight is 647 g/mol. The molecule has 0 heterocycles. The van der Waals surface area contributed by atoms with E-state index in [1.54, 1.807) is 66.7 Å². The minimum absolute atomic E-state index is 0.0666. The second-order valence-corrected chi connectivity index (χ2v) is 13.3. The largest absolute Gasteiger partial charge is 0.294 e. The van der Waals surface area contributed by atoms with Crippen LogP contribution in [0.3, 0.4) is 0 Å². The first-order valence-corrected chi connectivity index (χ1v) is 16.7. The van der Waals surface area contributed by atoms with Crippen LogP contribution in [0.5, 0.6) is 0 Å². The van der Waals surface area contributed by atoms with E-state index in [0.29, 0.717) is 0 Å². The van der Waals surface area contributed by atoms with E-state index in [-0.39, 0.29) is 19.6 Å². The molecule has 0 saturated heterocycles. The van der Waals surface area contributed by atoms with Crippen molar-refractivity contribution in [2.75, 3.05) is 0 Å². The van der Waals surface area contributed by atoms with Gasteiger partial charge in [-0.3, -0.25) is 18.2 Å². The number of aryl methyl sites for hydroxylation is 1. The van der Waals surface area contributed by atoms with Gasteiger partial charge in [0.1, 0.15) is 0 Å². The van der Waals surface area contributed by atoms with Crippen molar-refractivity contribution in [3.05, 3.63) is 121 Å². The maximum atomic E-state index is 10.5. The molecule has 4 aromatic rings. The minimum atomic E-state index is -4.02. The maximum absolute atomic E-state index is 10.5. The Balaban J connectivity index is 0.000000274. The van der Waals surface area contributed by atoms with Gasteiger partial charge in [-0.05, 0) is 55.5 Å². The predicted molar refractivity (Wildman–Crippen MR) is 150 cm³/mol. The molecule has 0 aliphatic heterocycles. The Morgan fingerprint density at radius 3 is 0.707 bits per heavy atom. The van der Waals surface area contributed by atoms with Crippen LogP contribution in [-0.2, 0) is 40.5 Å². The fourth-order valence-electron chi connectivity index (χ4n) is 2.49. The first kappa shape index (κ1) is 35.5. The third-order valence-corrected chi connectivity index (χ3v) is 7.91. The Morgan fingerprint density at radius 2 is 0.537 bits per heavy atom. The fourth-order valence-corrected chi connectivity index (χ4v) is 4.47. The molecule has 0 fully saturated rings. The van der Waals surface area contributed by atoms with Gasteiger partial charge in [0.15, 0.2) is 0 Å². The van der Waals surface area contributed by atoms with Crippen LogP contribution in [0.2, 0.25) is 0 Å². The van der Waals surface area contributed by atoms with E-state index >= 15 is 0 Å². The summed E-state index contributed by atoms with van der Waals surface area (Å²) in [5.41, 5.74) is 0.956. The highest BCUT2D eigenvalue weighted by Gasteiger charge is 2.08. The summed E-state index contributed by atoms with van der Waals surface area (Å²) < 4.78 is 117. The van der Waals surface area contributed by atoms with Crippen LogP contribution < -0.4 is 0 Å². The van der Waals surface area contributed by atoms with Crippen molar-refractivity contribution < 1.29 is 51.9 Å². The quantitative estimate of drug-likeness (QED) is 0.231. The molecule has 0 amide bonds. The van der Waals surface area contributed by atoms with Crippen LogP contribution in [0.25, 0.3) is 0 Å². The Morgan fingerprint density at radius 1 is 0.341 bits per heavy atom. The van der Waals surface area contributed by atoms with Gasteiger partial charge in [0.25, 0.3) is 40.5 Å². The average Bonchev–Trinajstić information content (AvgIpc) is 2.90. The molecule has 0 atom stereocenters. The van der Waals surface area contributed by atoms with Gasteiger partial charge < -0.3 is 0 Å². The Hall–Kier alpha value is -3.48. The lowest BCUT2D eigenvalue weighted by molar-refractivity contribution is 0.481. The molecule has 4 rings (SSSR count). The number of benzene rings is 4. The molecular formula is C25H26O12S4. The highest BCUT2D eigenvalue weighted by molar-refractivity contribution is 7.86. The van der Waals surface area contributed by atoms with E-state index in [0.717, 1.165) is 5.56 Å². The van der Waals surface area contributed by atoms with E-state index in [2.05, 4.69) is 0 Å². The van der Waals surface area contributed by atoms with Crippen LogP contribution in [0.15, 0.2) is 135 Å². The number of rotatable bonds is 4. The van der Waals surface area contributed by atoms with E-state index in [4.69, 9.17) is 18.2 Å². The standard InChI is InChI=1S/C7H8O3S.3C6H6O3S/c1-6-2-4-7(5-3-6)11(8,9)10;3*7-10(8,9)6-4-2-1-3-5-6/h2-5H,1H3,(H,8,9,10);3*1-5H,(H,7,8,9). The highest BCUT2D eigenvalue weighted by atomic mass is 32.2. The van der Waals surface area contributed by atoms with Gasteiger partial charge in [0.2, 0.25) is 0 Å². The van der Waals surface area contributed by atoms with Crippen molar-refractivity contribution >= 4 is 40.5 Å². The molecule has 0 radical (unpaired) electrons. The van der Waals surface area contributed by atoms with Crippen molar-refractivity contribution in [3.8, 4) is 0 Å². The molecule has 12 nitrogen and oxygen atoms in total. The molecule has 0 unspecified atom stereocenters. The smallest absolute Gasteiger partial charge is 0.282 e. The topological polar surface area (TPSA) is 217 Å². The zero-order valence-electron chi connectivity index (χ0n) is 21.2. The summed E-state index contributed by atoms with van der Waals surface area (Å²) in [4.78, 5) is -0.289. The molecular weight excluding hydrogens is 621 g/mol. The van der Waals surface area contributed by atoms with Gasteiger partial charge in [-0.2, -0.15) is 33.7 Å². The van der Waals surface area contributed by atoms with Crippen LogP contribution in [0.4, 0.5) is 0 Å². The maximum Gasteiger partial charge on any atom is 0.294 e. The molecule has 0 bridgehead atoms. The second kappa shape index (κ2) is 15.5. The van der Waals surface area contributed by atoms with Gasteiger partial charge in [0, 0.05) is 0 Å². The summed E-state index contributed by atoms with van der Waals surface area (Å²) in [5, 5.41) is 0. The SMILES string of the molecule is Cc1ccc(S(=O)(=O)O)cc1.O=S(=O)(O)c1ccccc1.O=S(=O)(O)c1ccccc1.O=S(=O)(O)c1ccccc1. The molecule has 16 heteroatoms. The van der Waals surface area contributed by atoms with Gasteiger partial charge in [0.05, 0.1) is 19.6 Å². The van der Waals surface area contributed by atoms with Gasteiger partial charge >= 0.3 is 0 Å². The lowest BCUT2D eigenvalue weighted by Gasteiger charge is -1.95. The van der Waals surface area contributed by atoms with Crippen molar-refractivity contribution in [3.63, 3.8) is 0 Å². The number of hydrogen-bond donors (Lipinski definition) is 4. The molecule has 4 N–H and O–H groups in total. The third-order valence-electron chi connectivity index (χ3n) is 4.44. The Kier molecular flexibility index (Phi) is 13.4. The van der Waals surface area contributed by atoms with Crippen molar-refractivity contribution in [2.24, 2.45) is 0 Å². The third kappa shape index (κ3) is 14.6. The molecule has 0 aromatic heterocycles. The zero-order chi connectivity index (χ0) is 31.3. The lowest BCUT2D eigenvalue weighted by Crippen LogP contribution is -1.96. The summed E-state index contributed by atoms with van der Waals surface area (Å²) in [6, 6.07) is 28.3. The van der Waals surface area contributed by atoms with Crippen LogP contribution in [0, 0.1) is 6.92 Å². The molecule has 0 aliphatic rings. The van der Waals surface area contributed by atoms with Crippen molar-refractivity contribution in [1.82, 2.24) is 0 Å². The summed E-state index contributed by atoms with van der Waals surface area (Å²) in [5.74, 6) is 0. The number of hydrogen-bond acceptors (Lipinski definition) is 8. The summed E-state index contributed by atoms with van der Waals surface area (Å²) >= 11 is 0. The zero-order valence-corrected chi connectivity index (χ0v) is 24.4. The van der Waals surface area contributed by atoms with Crippen LogP contribution >= 0.6 is 0 Å². The summed E-state index contributed by atoms with van der Waals surface area (Å²) in [6.07, 6.45) is 0. The Labute approximate surface area is 238 Å². The van der Waals surface area contributed by atoms with Crippen molar-refractivity contribution in [1.29, 1.82) is 0 Å². The molecule has 0 aliphatic carbocycles. The monoisotopic (exact) mass is 646 g/mol. The van der Waals surface area contributed by atoms with Crippen LogP contribution in [-0.4, -0.2) is 51.9 Å². The molecule has 41 heavy (non-hydrogen) atoms. The summed E-state index contributed by atoms with van der Waals surface area (Å²) in [6.45, 7) is 1.84. The normalized spacial score (nSPS) is 11.3. The highest BCUT2D eigenvalue weighted by Crippen LogP contribution is 2.09.